The van der Waals surface area contributed by atoms with Crippen LogP contribution in [0.1, 0.15) is 46.5 Å². The summed E-state index contributed by atoms with van der Waals surface area (Å²) in [5.74, 6) is -3.99. The Labute approximate surface area is 198 Å². The zero-order chi connectivity index (χ0) is 25.7. The lowest BCUT2D eigenvalue weighted by molar-refractivity contribution is -0.143. The van der Waals surface area contributed by atoms with Gasteiger partial charge in [0, 0.05) is 6.42 Å². The second kappa shape index (κ2) is 15.5. The van der Waals surface area contributed by atoms with Gasteiger partial charge in [-0.05, 0) is 37.7 Å². The van der Waals surface area contributed by atoms with E-state index in [1.807, 2.05) is 0 Å². The second-order valence-electron chi connectivity index (χ2n) is 7.89. The number of nitrogens with one attached hydrogen (secondary N) is 3. The molecule has 0 aromatic rings. The number of hydrogen-bond donors (Lipinski definition) is 7. The van der Waals surface area contributed by atoms with E-state index in [0.717, 1.165) is 0 Å². The predicted octanol–water partition coefficient (Wildman–Crippen LogP) is -1.70. The van der Waals surface area contributed by atoms with Crippen LogP contribution in [-0.4, -0.2) is 82.1 Å². The summed E-state index contributed by atoms with van der Waals surface area (Å²) in [6.07, 6.45) is 1.02. The Bertz CT molecular complexity index is 692. The molecule has 4 amide bonds. The number of carbonyl (C=O) groups is 5. The van der Waals surface area contributed by atoms with Crippen molar-refractivity contribution >= 4 is 41.4 Å². The zero-order valence-corrected chi connectivity index (χ0v) is 20.3. The van der Waals surface area contributed by atoms with Crippen LogP contribution in [0.25, 0.3) is 0 Å². The number of aliphatic hydroxyl groups excluding tert-OH is 1. The molecule has 0 saturated heterocycles. The van der Waals surface area contributed by atoms with Crippen molar-refractivity contribution in [2.75, 3.05) is 12.0 Å². The highest BCUT2D eigenvalue weighted by molar-refractivity contribution is 7.98. The Morgan fingerprint density at radius 2 is 1.48 bits per heavy atom. The first kappa shape index (κ1) is 30.6. The van der Waals surface area contributed by atoms with Gasteiger partial charge in [-0.1, -0.05) is 20.3 Å². The van der Waals surface area contributed by atoms with Crippen LogP contribution in [-0.2, 0) is 24.0 Å². The maximum absolute atomic E-state index is 12.9. The van der Waals surface area contributed by atoms with Gasteiger partial charge < -0.3 is 37.6 Å². The molecule has 0 saturated carbocycles. The number of primary amides is 1. The van der Waals surface area contributed by atoms with Crippen molar-refractivity contribution in [3.63, 3.8) is 0 Å². The quantitative estimate of drug-likeness (QED) is 0.131. The van der Waals surface area contributed by atoms with Gasteiger partial charge in [0.1, 0.15) is 18.1 Å². The van der Waals surface area contributed by atoms with Gasteiger partial charge in [0.25, 0.3) is 0 Å². The van der Waals surface area contributed by atoms with Crippen molar-refractivity contribution < 1.29 is 34.2 Å². The average Bonchev–Trinajstić information content (AvgIpc) is 2.75. The van der Waals surface area contributed by atoms with Crippen molar-refractivity contribution in [2.45, 2.75) is 76.7 Å². The number of thioether (sulfide) groups is 1. The van der Waals surface area contributed by atoms with Gasteiger partial charge in [-0.3, -0.25) is 19.2 Å². The first-order valence-electron chi connectivity index (χ1n) is 10.7. The van der Waals surface area contributed by atoms with Crippen LogP contribution in [0.4, 0.5) is 0 Å². The topological polar surface area (TPSA) is 214 Å². The van der Waals surface area contributed by atoms with Crippen LogP contribution in [0.5, 0.6) is 0 Å². The molecule has 0 rings (SSSR count). The largest absolute Gasteiger partial charge is 0.480 e. The van der Waals surface area contributed by atoms with E-state index >= 15 is 0 Å². The van der Waals surface area contributed by atoms with E-state index in [9.17, 15) is 34.2 Å². The Morgan fingerprint density at radius 3 is 1.94 bits per heavy atom. The van der Waals surface area contributed by atoms with Crippen molar-refractivity contribution in [1.29, 1.82) is 0 Å². The van der Waals surface area contributed by atoms with Crippen molar-refractivity contribution in [1.82, 2.24) is 16.0 Å². The fourth-order valence-corrected chi connectivity index (χ4v) is 3.27. The molecule has 0 bridgehead atoms. The Hall–Kier alpha value is -2.38. The molecule has 0 aliphatic heterocycles. The van der Waals surface area contributed by atoms with Crippen LogP contribution >= 0.6 is 11.8 Å². The van der Waals surface area contributed by atoms with Gasteiger partial charge >= 0.3 is 5.97 Å². The lowest BCUT2D eigenvalue weighted by atomic mass is 9.96. The third kappa shape index (κ3) is 11.3. The highest BCUT2D eigenvalue weighted by Crippen LogP contribution is 2.10. The summed E-state index contributed by atoms with van der Waals surface area (Å²) in [6.45, 7) is 4.78. The lowest BCUT2D eigenvalue weighted by Crippen LogP contribution is -2.61. The summed E-state index contributed by atoms with van der Waals surface area (Å²) < 4.78 is 0. The highest BCUT2D eigenvalue weighted by Gasteiger charge is 2.34. The molecule has 0 aromatic carbocycles. The summed E-state index contributed by atoms with van der Waals surface area (Å²) in [5.41, 5.74) is 10.8. The van der Waals surface area contributed by atoms with Gasteiger partial charge in [0.15, 0.2) is 0 Å². The molecular formula is C20H37N5O7S. The molecule has 6 atom stereocenters. The van der Waals surface area contributed by atoms with Crippen LogP contribution in [0.2, 0.25) is 0 Å². The maximum atomic E-state index is 12.9. The molecule has 0 spiro atoms. The van der Waals surface area contributed by atoms with Crippen LogP contribution in [0.15, 0.2) is 0 Å². The number of nitrogens with two attached hydrogens (primary N) is 2. The minimum atomic E-state index is -1.44. The standard InChI is InChI=1S/C20H37N5O7S/c1-5-10(2)15(24-17(28)12(21)6-7-14(22)27)18(29)25-16(11(3)26)19(30)23-13(20(31)32)8-9-33-4/h10-13,15-16,26H,5-9,21H2,1-4H3,(H2,22,27)(H,23,30)(H,24,28)(H,25,29)(H,31,32). The van der Waals surface area contributed by atoms with E-state index in [0.29, 0.717) is 12.2 Å². The van der Waals surface area contributed by atoms with Gasteiger partial charge in [-0.2, -0.15) is 11.8 Å². The normalized spacial score (nSPS) is 16.4. The number of carboxylic acids is 1. The van der Waals surface area contributed by atoms with Crippen LogP contribution < -0.4 is 27.4 Å². The molecule has 9 N–H and O–H groups in total. The minimum Gasteiger partial charge on any atom is -0.480 e. The van der Waals surface area contributed by atoms with Gasteiger partial charge in [0.05, 0.1) is 12.1 Å². The smallest absolute Gasteiger partial charge is 0.326 e. The Kier molecular flexibility index (Phi) is 14.3. The highest BCUT2D eigenvalue weighted by atomic mass is 32.2. The molecular weight excluding hydrogens is 454 g/mol. The third-order valence-corrected chi connectivity index (χ3v) is 5.76. The van der Waals surface area contributed by atoms with Crippen molar-refractivity contribution in [2.24, 2.45) is 17.4 Å². The van der Waals surface area contributed by atoms with E-state index in [2.05, 4.69) is 16.0 Å². The molecule has 0 aromatic heterocycles. The van der Waals surface area contributed by atoms with E-state index in [1.165, 1.54) is 18.7 Å². The second-order valence-corrected chi connectivity index (χ2v) is 8.88. The van der Waals surface area contributed by atoms with Crippen molar-refractivity contribution in [3.05, 3.63) is 0 Å². The summed E-state index contributed by atoms with van der Waals surface area (Å²) in [6, 6.07) is -4.78. The summed E-state index contributed by atoms with van der Waals surface area (Å²) in [7, 11) is 0. The summed E-state index contributed by atoms with van der Waals surface area (Å²) in [4.78, 5) is 60.3. The number of aliphatic hydroxyl groups is 1. The fraction of sp³-hybridized carbons (Fsp3) is 0.750. The molecule has 13 heteroatoms. The molecule has 0 fully saturated rings. The van der Waals surface area contributed by atoms with Crippen LogP contribution in [0.3, 0.4) is 0 Å². The van der Waals surface area contributed by atoms with E-state index in [1.54, 1.807) is 20.1 Å². The zero-order valence-electron chi connectivity index (χ0n) is 19.5. The third-order valence-electron chi connectivity index (χ3n) is 5.12. The molecule has 0 aliphatic rings. The summed E-state index contributed by atoms with van der Waals surface area (Å²) >= 11 is 1.41. The first-order valence-corrected chi connectivity index (χ1v) is 12.1. The molecule has 0 heterocycles. The van der Waals surface area contributed by atoms with Gasteiger partial charge in [-0.25, -0.2) is 4.79 Å². The lowest BCUT2D eigenvalue weighted by Gasteiger charge is -2.29. The molecule has 6 unspecified atom stereocenters. The van der Waals surface area contributed by atoms with E-state index in [-0.39, 0.29) is 25.2 Å². The number of hydrogen-bond acceptors (Lipinski definition) is 8. The number of carboxylic acid groups (broad SMARTS) is 1. The first-order chi connectivity index (χ1) is 15.3. The predicted molar refractivity (Wildman–Crippen MR) is 124 cm³/mol. The fourth-order valence-electron chi connectivity index (χ4n) is 2.79. The molecule has 0 radical (unpaired) electrons. The average molecular weight is 492 g/mol. The molecule has 33 heavy (non-hydrogen) atoms. The SMILES string of the molecule is CCC(C)C(NC(=O)C(N)CCC(N)=O)C(=O)NC(C(=O)NC(CCSC)C(=O)O)C(C)O. The Morgan fingerprint density at radius 1 is 0.939 bits per heavy atom. The number of aliphatic carboxylic acids is 1. The number of carbonyl (C=O) groups excluding carboxylic acids is 4. The van der Waals surface area contributed by atoms with Crippen molar-refractivity contribution in [3.8, 4) is 0 Å². The minimum absolute atomic E-state index is 0.00133. The Balaban J connectivity index is 5.40. The molecule has 0 aliphatic carbocycles. The number of rotatable bonds is 16. The van der Waals surface area contributed by atoms with Crippen LogP contribution in [0, 0.1) is 5.92 Å². The maximum Gasteiger partial charge on any atom is 0.326 e. The molecule has 190 valence electrons. The summed E-state index contributed by atoms with van der Waals surface area (Å²) in [5, 5.41) is 26.6. The van der Waals surface area contributed by atoms with E-state index < -0.39 is 59.9 Å². The van der Waals surface area contributed by atoms with E-state index in [4.69, 9.17) is 11.5 Å². The molecule has 12 nitrogen and oxygen atoms in total. The van der Waals surface area contributed by atoms with Gasteiger partial charge in [-0.15, -0.1) is 0 Å². The van der Waals surface area contributed by atoms with Gasteiger partial charge in [0.2, 0.25) is 23.6 Å². The monoisotopic (exact) mass is 491 g/mol. The number of amides is 4.